The lowest BCUT2D eigenvalue weighted by molar-refractivity contribution is -0.361. The van der Waals surface area contributed by atoms with Gasteiger partial charge in [0.1, 0.15) is 54.4 Å². The van der Waals surface area contributed by atoms with Gasteiger partial charge < -0.3 is 81.7 Å². The Balaban J connectivity index is 1.76. The van der Waals surface area contributed by atoms with Crippen LogP contribution in [0.2, 0.25) is 0 Å². The van der Waals surface area contributed by atoms with Crippen molar-refractivity contribution in [3.05, 3.63) is 0 Å². The van der Waals surface area contributed by atoms with E-state index in [0.717, 1.165) is 0 Å². The van der Waals surface area contributed by atoms with Gasteiger partial charge in [0.15, 0.2) is 18.9 Å². The molecule has 0 amide bonds. The first kappa shape index (κ1) is 30.9. The number of hydrogen-bond acceptors (Lipinski definition) is 16. The summed E-state index contributed by atoms with van der Waals surface area (Å²) in [6.07, 6.45) is -15.1. The Labute approximate surface area is 213 Å². The monoisotopic (exact) mass is 543 g/mol. The fourth-order valence-corrected chi connectivity index (χ4v) is 4.98. The van der Waals surface area contributed by atoms with Crippen molar-refractivity contribution < 1.29 is 64.5 Å². The molecule has 3 saturated heterocycles. The standard InChI is InChI=1S/C21H41N3O13/c1-2-3-21(6-27)17(31)14(30)11(24)20(37-21)36-16-8(5-26)34-19(10(23)13(16)29)35-15-7(4-25)33-18(32)9(22)12(15)28/h7-20,25-32H,2-6,22-24H2,1H3/t7-,8-,9-,10-,11-,12-,13-,14-,15?,16?,17+,18-,19+,20+,21-/m1/s1. The first-order chi connectivity index (χ1) is 17.5. The Bertz CT molecular complexity index is 723. The highest BCUT2D eigenvalue weighted by atomic mass is 16.7. The zero-order chi connectivity index (χ0) is 27.7. The van der Waals surface area contributed by atoms with Crippen molar-refractivity contribution in [2.75, 3.05) is 19.8 Å². The fourth-order valence-electron chi connectivity index (χ4n) is 4.98. The molecule has 0 saturated carbocycles. The van der Waals surface area contributed by atoms with Crippen LogP contribution in [-0.2, 0) is 23.7 Å². The number of rotatable bonds is 9. The van der Waals surface area contributed by atoms with Gasteiger partial charge in [0.2, 0.25) is 0 Å². The molecule has 0 bridgehead atoms. The van der Waals surface area contributed by atoms with Crippen LogP contribution in [0.4, 0.5) is 0 Å². The fraction of sp³-hybridized carbons (Fsp3) is 1.00. The van der Waals surface area contributed by atoms with Crippen molar-refractivity contribution in [3.63, 3.8) is 0 Å². The lowest BCUT2D eigenvalue weighted by Gasteiger charge is -2.51. The molecule has 0 aromatic carbocycles. The third kappa shape index (κ3) is 5.94. The summed E-state index contributed by atoms with van der Waals surface area (Å²) >= 11 is 0. The van der Waals surface area contributed by atoms with Gasteiger partial charge in [0, 0.05) is 0 Å². The highest BCUT2D eigenvalue weighted by Gasteiger charge is 2.55. The molecule has 16 heteroatoms. The molecule has 14 N–H and O–H groups in total. The van der Waals surface area contributed by atoms with E-state index in [1.807, 2.05) is 0 Å². The second kappa shape index (κ2) is 12.7. The lowest BCUT2D eigenvalue weighted by atomic mass is 9.83. The molecule has 0 spiro atoms. The van der Waals surface area contributed by atoms with Crippen molar-refractivity contribution in [2.45, 2.75) is 111 Å². The molecule has 3 rings (SSSR count). The van der Waals surface area contributed by atoms with E-state index in [1.54, 1.807) is 6.92 Å². The molecule has 0 radical (unpaired) electrons. The Morgan fingerprint density at radius 1 is 0.730 bits per heavy atom. The summed E-state index contributed by atoms with van der Waals surface area (Å²) < 4.78 is 28.2. The Kier molecular flexibility index (Phi) is 10.6. The average Bonchev–Trinajstić information content (AvgIpc) is 2.89. The minimum atomic E-state index is -1.59. The van der Waals surface area contributed by atoms with Crippen LogP contribution in [0.1, 0.15) is 19.8 Å². The average molecular weight is 544 g/mol. The zero-order valence-corrected chi connectivity index (χ0v) is 20.5. The first-order valence-corrected chi connectivity index (χ1v) is 12.3. The number of ether oxygens (including phenoxy) is 5. The van der Waals surface area contributed by atoms with Crippen LogP contribution in [0.25, 0.3) is 0 Å². The molecule has 2 unspecified atom stereocenters. The van der Waals surface area contributed by atoms with Crippen LogP contribution >= 0.6 is 0 Å². The second-order valence-electron chi connectivity index (χ2n) is 9.78. The van der Waals surface area contributed by atoms with Gasteiger partial charge in [-0.15, -0.1) is 0 Å². The summed E-state index contributed by atoms with van der Waals surface area (Å²) in [5, 5.41) is 81.7. The Hall–Kier alpha value is -0.640. The van der Waals surface area contributed by atoms with Crippen molar-refractivity contribution in [1.29, 1.82) is 0 Å². The van der Waals surface area contributed by atoms with Crippen LogP contribution in [-0.4, -0.2) is 152 Å². The number of aliphatic hydroxyl groups excluding tert-OH is 8. The van der Waals surface area contributed by atoms with Gasteiger partial charge in [-0.05, 0) is 6.42 Å². The van der Waals surface area contributed by atoms with Gasteiger partial charge in [-0.3, -0.25) is 0 Å². The number of nitrogens with two attached hydrogens (primary N) is 3. The van der Waals surface area contributed by atoms with Crippen molar-refractivity contribution >= 4 is 0 Å². The van der Waals surface area contributed by atoms with Gasteiger partial charge in [-0.2, -0.15) is 0 Å². The lowest BCUT2D eigenvalue weighted by Crippen LogP contribution is -2.71. The van der Waals surface area contributed by atoms with Crippen LogP contribution < -0.4 is 17.2 Å². The van der Waals surface area contributed by atoms with Gasteiger partial charge in [0.05, 0.1) is 37.9 Å². The maximum atomic E-state index is 11.0. The van der Waals surface area contributed by atoms with E-state index in [9.17, 15) is 40.9 Å². The van der Waals surface area contributed by atoms with Crippen LogP contribution in [0.3, 0.4) is 0 Å². The minimum Gasteiger partial charge on any atom is -0.394 e. The molecular formula is C21H41N3O13. The molecule has 15 atom stereocenters. The van der Waals surface area contributed by atoms with Crippen molar-refractivity contribution in [3.8, 4) is 0 Å². The summed E-state index contributed by atoms with van der Waals surface area (Å²) in [5.74, 6) is 0. The molecule has 218 valence electrons. The van der Waals surface area contributed by atoms with Crippen LogP contribution in [0.5, 0.6) is 0 Å². The SMILES string of the molecule is CCC[C@]1(CO)O[C@H](OC2[C@@H](CO)O[C@@H](OC3[C@@H](CO)O[C@@H](O)[C@H](N)[C@H]3O)[C@H](N)[C@H]2O)[C@H](N)[C@@H](O)[C@@H]1O. The molecule has 0 aliphatic carbocycles. The van der Waals surface area contributed by atoms with E-state index in [4.69, 9.17) is 40.9 Å². The smallest absolute Gasteiger partial charge is 0.176 e. The van der Waals surface area contributed by atoms with E-state index >= 15 is 0 Å². The van der Waals surface area contributed by atoms with E-state index in [2.05, 4.69) is 0 Å². The molecule has 0 aromatic heterocycles. The number of hydrogen-bond donors (Lipinski definition) is 11. The largest absolute Gasteiger partial charge is 0.394 e. The highest BCUT2D eigenvalue weighted by Crippen LogP contribution is 2.36. The van der Waals surface area contributed by atoms with E-state index < -0.39 is 111 Å². The topological polar surface area (TPSA) is 286 Å². The molecule has 3 aliphatic heterocycles. The predicted molar refractivity (Wildman–Crippen MR) is 121 cm³/mol. The second-order valence-corrected chi connectivity index (χ2v) is 9.78. The maximum absolute atomic E-state index is 11.0. The molecular weight excluding hydrogens is 502 g/mol. The molecule has 16 nitrogen and oxygen atoms in total. The molecule has 3 aliphatic rings. The van der Waals surface area contributed by atoms with Crippen LogP contribution in [0, 0.1) is 0 Å². The predicted octanol–water partition coefficient (Wildman–Crippen LogP) is -6.50. The van der Waals surface area contributed by atoms with Crippen molar-refractivity contribution in [2.24, 2.45) is 17.2 Å². The highest BCUT2D eigenvalue weighted by molar-refractivity contribution is 5.03. The van der Waals surface area contributed by atoms with Gasteiger partial charge in [-0.25, -0.2) is 0 Å². The Morgan fingerprint density at radius 3 is 1.78 bits per heavy atom. The molecule has 0 aromatic rings. The number of aliphatic hydroxyl groups is 8. The molecule has 3 heterocycles. The summed E-state index contributed by atoms with van der Waals surface area (Å²) in [6.45, 7) is -0.219. The summed E-state index contributed by atoms with van der Waals surface area (Å²) in [6, 6.07) is -3.91. The van der Waals surface area contributed by atoms with E-state index in [-0.39, 0.29) is 6.42 Å². The van der Waals surface area contributed by atoms with Gasteiger partial charge >= 0.3 is 0 Å². The first-order valence-electron chi connectivity index (χ1n) is 12.3. The van der Waals surface area contributed by atoms with Gasteiger partial charge in [0.25, 0.3) is 0 Å². The van der Waals surface area contributed by atoms with E-state index in [0.29, 0.717) is 6.42 Å². The van der Waals surface area contributed by atoms with Gasteiger partial charge in [-0.1, -0.05) is 13.3 Å². The Morgan fingerprint density at radius 2 is 1.24 bits per heavy atom. The van der Waals surface area contributed by atoms with Crippen LogP contribution in [0.15, 0.2) is 0 Å². The minimum absolute atomic E-state index is 0.158. The summed E-state index contributed by atoms with van der Waals surface area (Å²) in [5.41, 5.74) is 16.3. The van der Waals surface area contributed by atoms with E-state index in [1.165, 1.54) is 0 Å². The third-order valence-corrected chi connectivity index (χ3v) is 7.27. The zero-order valence-electron chi connectivity index (χ0n) is 20.5. The van der Waals surface area contributed by atoms with Crippen molar-refractivity contribution in [1.82, 2.24) is 0 Å². The summed E-state index contributed by atoms with van der Waals surface area (Å²) in [4.78, 5) is 0. The maximum Gasteiger partial charge on any atom is 0.176 e. The summed E-state index contributed by atoms with van der Waals surface area (Å²) in [7, 11) is 0. The quantitative estimate of drug-likeness (QED) is 0.129. The third-order valence-electron chi connectivity index (χ3n) is 7.27. The molecule has 3 fully saturated rings. The normalized spacial score (nSPS) is 51.2. The molecule has 37 heavy (non-hydrogen) atoms.